The van der Waals surface area contributed by atoms with Gasteiger partial charge in [-0.1, -0.05) is 18.2 Å². The molecule has 5 nitrogen and oxygen atoms in total. The summed E-state index contributed by atoms with van der Waals surface area (Å²) in [4.78, 5) is 8.23. The summed E-state index contributed by atoms with van der Waals surface area (Å²) >= 11 is 1.75. The monoisotopic (exact) mass is 374 g/mol. The lowest BCUT2D eigenvalue weighted by atomic mass is 10.0. The third-order valence-electron chi connectivity index (χ3n) is 4.28. The Balaban J connectivity index is 2.10. The summed E-state index contributed by atoms with van der Waals surface area (Å²) in [6.07, 6.45) is 0. The number of benzene rings is 1. The Morgan fingerprint density at radius 1 is 1.23 bits per heavy atom. The van der Waals surface area contributed by atoms with Crippen LogP contribution in [0.15, 0.2) is 40.7 Å². The van der Waals surface area contributed by atoms with Crippen molar-refractivity contribution in [2.24, 2.45) is 4.99 Å². The molecule has 0 saturated heterocycles. The average Bonchev–Trinajstić information content (AvgIpc) is 3.04. The van der Waals surface area contributed by atoms with Gasteiger partial charge >= 0.3 is 0 Å². The molecule has 6 heteroatoms. The molecule has 2 N–H and O–H groups in total. The van der Waals surface area contributed by atoms with Crippen LogP contribution in [0.2, 0.25) is 0 Å². The minimum atomic E-state index is 0.179. The molecule has 1 heterocycles. The van der Waals surface area contributed by atoms with Gasteiger partial charge in [0.25, 0.3) is 0 Å². The molecular formula is C20H30N4OS. The molecule has 2 rings (SSSR count). The Labute approximate surface area is 161 Å². The molecule has 1 unspecified atom stereocenters. The lowest BCUT2D eigenvalue weighted by molar-refractivity contribution is 0.287. The fraction of sp³-hybridized carbons (Fsp3) is 0.450. The van der Waals surface area contributed by atoms with Gasteiger partial charge in [-0.2, -0.15) is 0 Å². The van der Waals surface area contributed by atoms with Crippen LogP contribution >= 0.6 is 11.3 Å². The van der Waals surface area contributed by atoms with Gasteiger partial charge in [0.05, 0.1) is 19.7 Å². The van der Waals surface area contributed by atoms with E-state index in [9.17, 15) is 0 Å². The first-order valence-electron chi connectivity index (χ1n) is 8.91. The summed E-state index contributed by atoms with van der Waals surface area (Å²) in [5.74, 6) is 1.74. The molecule has 0 spiro atoms. The van der Waals surface area contributed by atoms with Gasteiger partial charge in [0.2, 0.25) is 0 Å². The molecule has 0 saturated carbocycles. The highest BCUT2D eigenvalue weighted by Crippen LogP contribution is 2.27. The van der Waals surface area contributed by atoms with E-state index < -0.39 is 0 Å². The molecule has 26 heavy (non-hydrogen) atoms. The predicted molar refractivity (Wildman–Crippen MR) is 111 cm³/mol. The van der Waals surface area contributed by atoms with Crippen molar-refractivity contribution in [3.8, 4) is 5.75 Å². The topological polar surface area (TPSA) is 48.9 Å². The third kappa shape index (κ3) is 5.47. The largest absolute Gasteiger partial charge is 0.496 e. The highest BCUT2D eigenvalue weighted by atomic mass is 32.1. The van der Waals surface area contributed by atoms with Crippen molar-refractivity contribution in [2.75, 3.05) is 34.3 Å². The molecule has 1 aromatic carbocycles. The van der Waals surface area contributed by atoms with E-state index in [1.165, 1.54) is 10.4 Å². The number of methoxy groups -OCH3 is 1. The molecule has 0 amide bonds. The normalized spacial score (nSPS) is 12.9. The van der Waals surface area contributed by atoms with Crippen molar-refractivity contribution in [3.63, 3.8) is 0 Å². The van der Waals surface area contributed by atoms with Gasteiger partial charge in [0.15, 0.2) is 5.96 Å². The number of thiophene rings is 1. The number of guanidine groups is 1. The van der Waals surface area contributed by atoms with Crippen LogP contribution in [0, 0.1) is 6.92 Å². The van der Waals surface area contributed by atoms with Crippen LogP contribution in [0.25, 0.3) is 0 Å². The minimum absolute atomic E-state index is 0.179. The van der Waals surface area contributed by atoms with Crippen LogP contribution in [-0.4, -0.2) is 45.2 Å². The van der Waals surface area contributed by atoms with E-state index in [0.717, 1.165) is 30.4 Å². The van der Waals surface area contributed by atoms with E-state index in [0.29, 0.717) is 6.54 Å². The van der Waals surface area contributed by atoms with Gasteiger partial charge in [-0.25, -0.2) is 4.99 Å². The number of hydrogen-bond donors (Lipinski definition) is 2. The summed E-state index contributed by atoms with van der Waals surface area (Å²) in [7, 11) is 5.88. The van der Waals surface area contributed by atoms with E-state index in [1.807, 2.05) is 18.2 Å². The zero-order valence-electron chi connectivity index (χ0n) is 16.4. The maximum absolute atomic E-state index is 5.54. The summed E-state index contributed by atoms with van der Waals surface area (Å²) in [5, 5.41) is 8.93. The predicted octanol–water partition coefficient (Wildman–Crippen LogP) is 3.42. The van der Waals surface area contributed by atoms with Crippen molar-refractivity contribution < 1.29 is 4.74 Å². The SMILES string of the molecule is CCNC(=NCc1sccc1C)NCC(c1ccccc1OC)N(C)C. The second-order valence-corrected chi connectivity index (χ2v) is 7.32. The minimum Gasteiger partial charge on any atom is -0.496 e. The van der Waals surface area contributed by atoms with E-state index in [2.05, 4.69) is 61.0 Å². The molecule has 2 aromatic rings. The summed E-state index contributed by atoms with van der Waals surface area (Å²) in [6.45, 7) is 6.47. The lowest BCUT2D eigenvalue weighted by Gasteiger charge is -2.27. The molecule has 0 aliphatic rings. The molecule has 0 aliphatic heterocycles. The zero-order valence-corrected chi connectivity index (χ0v) is 17.2. The van der Waals surface area contributed by atoms with Crippen molar-refractivity contribution in [1.29, 1.82) is 0 Å². The van der Waals surface area contributed by atoms with Gasteiger partial charge in [0, 0.05) is 23.5 Å². The first-order valence-corrected chi connectivity index (χ1v) is 9.79. The van der Waals surface area contributed by atoms with Crippen molar-refractivity contribution in [1.82, 2.24) is 15.5 Å². The molecule has 0 bridgehead atoms. The second kappa shape index (κ2) is 10.2. The summed E-state index contributed by atoms with van der Waals surface area (Å²) < 4.78 is 5.54. The first-order chi connectivity index (χ1) is 12.6. The number of ether oxygens (including phenoxy) is 1. The van der Waals surface area contributed by atoms with Crippen LogP contribution in [-0.2, 0) is 6.54 Å². The zero-order chi connectivity index (χ0) is 18.9. The standard InChI is InChI=1S/C20H30N4OS/c1-6-21-20(23-14-19-15(2)11-12-26-19)22-13-17(24(3)4)16-9-7-8-10-18(16)25-5/h7-12,17H,6,13-14H2,1-5H3,(H2,21,22,23). The van der Waals surface area contributed by atoms with Crippen LogP contribution in [0.1, 0.15) is 29.0 Å². The lowest BCUT2D eigenvalue weighted by Crippen LogP contribution is -2.41. The quantitative estimate of drug-likeness (QED) is 0.549. The van der Waals surface area contributed by atoms with E-state index in [4.69, 9.17) is 9.73 Å². The van der Waals surface area contributed by atoms with E-state index in [1.54, 1.807) is 18.4 Å². The molecule has 0 radical (unpaired) electrons. The Morgan fingerprint density at radius 2 is 2.00 bits per heavy atom. The smallest absolute Gasteiger partial charge is 0.191 e. The highest BCUT2D eigenvalue weighted by Gasteiger charge is 2.18. The number of likely N-dealkylation sites (N-methyl/N-ethyl adjacent to an activating group) is 1. The fourth-order valence-corrected chi connectivity index (χ4v) is 3.59. The Kier molecular flexibility index (Phi) is 7.94. The van der Waals surface area contributed by atoms with Gasteiger partial charge in [-0.15, -0.1) is 11.3 Å². The summed E-state index contributed by atoms with van der Waals surface area (Å²) in [6, 6.07) is 10.5. The van der Waals surface area contributed by atoms with Gasteiger partial charge < -0.3 is 20.3 Å². The number of nitrogens with one attached hydrogen (secondary N) is 2. The van der Waals surface area contributed by atoms with Gasteiger partial charge in [-0.05, 0) is 51.0 Å². The van der Waals surface area contributed by atoms with Crippen molar-refractivity contribution in [3.05, 3.63) is 51.7 Å². The number of hydrogen-bond acceptors (Lipinski definition) is 4. The molecule has 0 fully saturated rings. The molecule has 1 aromatic heterocycles. The number of aliphatic imine (C=N–C) groups is 1. The maximum atomic E-state index is 5.54. The number of para-hydroxylation sites is 1. The van der Waals surface area contributed by atoms with Crippen LogP contribution in [0.3, 0.4) is 0 Å². The molecular weight excluding hydrogens is 344 g/mol. The fourth-order valence-electron chi connectivity index (χ4n) is 2.76. The highest BCUT2D eigenvalue weighted by molar-refractivity contribution is 7.10. The first kappa shape index (κ1) is 20.3. The van der Waals surface area contributed by atoms with Crippen molar-refractivity contribution in [2.45, 2.75) is 26.4 Å². The molecule has 0 aliphatic carbocycles. The number of rotatable bonds is 8. The van der Waals surface area contributed by atoms with E-state index in [-0.39, 0.29) is 6.04 Å². The number of nitrogens with zero attached hydrogens (tertiary/aromatic N) is 2. The van der Waals surface area contributed by atoms with Crippen molar-refractivity contribution >= 4 is 17.3 Å². The molecule has 1 atom stereocenters. The van der Waals surface area contributed by atoms with Gasteiger partial charge in [-0.3, -0.25) is 0 Å². The van der Waals surface area contributed by atoms with E-state index >= 15 is 0 Å². The van der Waals surface area contributed by atoms with Crippen LogP contribution in [0.5, 0.6) is 5.75 Å². The Morgan fingerprint density at radius 3 is 2.62 bits per heavy atom. The van der Waals surface area contributed by atoms with Crippen LogP contribution < -0.4 is 15.4 Å². The van der Waals surface area contributed by atoms with Gasteiger partial charge in [0.1, 0.15) is 5.75 Å². The second-order valence-electron chi connectivity index (χ2n) is 6.32. The maximum Gasteiger partial charge on any atom is 0.191 e. The van der Waals surface area contributed by atoms with Crippen LogP contribution in [0.4, 0.5) is 0 Å². The average molecular weight is 375 g/mol. The molecule has 142 valence electrons. The third-order valence-corrected chi connectivity index (χ3v) is 5.29. The summed E-state index contributed by atoms with van der Waals surface area (Å²) in [5.41, 5.74) is 2.47. The Bertz CT molecular complexity index is 711. The Hall–Kier alpha value is -2.05. The number of aryl methyl sites for hydroxylation is 1.